The van der Waals surface area contributed by atoms with Crippen molar-refractivity contribution in [3.8, 4) is 11.3 Å². The Labute approximate surface area is 125 Å². The van der Waals surface area contributed by atoms with E-state index in [1.165, 1.54) is 16.7 Å². The fourth-order valence-electron chi connectivity index (χ4n) is 2.61. The second-order valence-electron chi connectivity index (χ2n) is 4.63. The number of ether oxygens (including phenoxy) is 1. The highest BCUT2D eigenvalue weighted by Gasteiger charge is 2.22. The first-order chi connectivity index (χ1) is 9.40. The summed E-state index contributed by atoms with van der Waals surface area (Å²) >= 11 is 0. The molecule has 5 heteroatoms. The zero-order valence-corrected chi connectivity index (χ0v) is 12.2. The van der Waals surface area contributed by atoms with E-state index in [2.05, 4.69) is 33.5 Å². The van der Waals surface area contributed by atoms with Crippen LogP contribution in [0.3, 0.4) is 0 Å². The minimum atomic E-state index is 0. The number of rotatable bonds is 3. The summed E-state index contributed by atoms with van der Waals surface area (Å²) in [5.74, 6) is 0. The van der Waals surface area contributed by atoms with Gasteiger partial charge in [0, 0.05) is 24.5 Å². The molecule has 1 N–H and O–H groups in total. The van der Waals surface area contributed by atoms with E-state index < -0.39 is 0 Å². The minimum absolute atomic E-state index is 0. The number of aromatic nitrogens is 2. The SMILES string of the molecule is CNC[C@@H]1OCCc2c(-c3cnccn3)cccc21.Cl. The van der Waals surface area contributed by atoms with Crippen LogP contribution >= 0.6 is 12.4 Å². The lowest BCUT2D eigenvalue weighted by molar-refractivity contribution is 0.0440. The smallest absolute Gasteiger partial charge is 0.0952 e. The van der Waals surface area contributed by atoms with Crippen molar-refractivity contribution in [2.45, 2.75) is 12.5 Å². The van der Waals surface area contributed by atoms with Crippen LogP contribution in [0.1, 0.15) is 17.2 Å². The maximum Gasteiger partial charge on any atom is 0.0952 e. The van der Waals surface area contributed by atoms with Crippen LogP contribution in [-0.2, 0) is 11.2 Å². The van der Waals surface area contributed by atoms with Crippen molar-refractivity contribution in [1.82, 2.24) is 15.3 Å². The largest absolute Gasteiger partial charge is 0.372 e. The van der Waals surface area contributed by atoms with Gasteiger partial charge in [0.05, 0.1) is 24.6 Å². The van der Waals surface area contributed by atoms with Crippen molar-refractivity contribution >= 4 is 12.4 Å². The maximum absolute atomic E-state index is 5.84. The minimum Gasteiger partial charge on any atom is -0.372 e. The van der Waals surface area contributed by atoms with E-state index >= 15 is 0 Å². The van der Waals surface area contributed by atoms with Gasteiger partial charge in [-0.15, -0.1) is 12.4 Å². The van der Waals surface area contributed by atoms with Crippen LogP contribution in [0.2, 0.25) is 0 Å². The summed E-state index contributed by atoms with van der Waals surface area (Å²) in [5, 5.41) is 3.18. The molecule has 0 amide bonds. The number of hydrogen-bond donors (Lipinski definition) is 1. The second-order valence-corrected chi connectivity index (χ2v) is 4.63. The van der Waals surface area contributed by atoms with E-state index in [1.54, 1.807) is 12.4 Å². The summed E-state index contributed by atoms with van der Waals surface area (Å²) in [6.07, 6.45) is 6.32. The number of likely N-dealkylation sites (N-methyl/N-ethyl adjacent to an activating group) is 1. The van der Waals surface area contributed by atoms with E-state index in [0.29, 0.717) is 0 Å². The standard InChI is InChI=1S/C15H17N3O.ClH/c1-16-10-15-13-4-2-3-12(11(13)5-8-19-15)14-9-17-6-7-18-14;/h2-4,6-7,9,15-16H,5,8,10H2,1H3;1H/t15-;/m0./s1. The summed E-state index contributed by atoms with van der Waals surface area (Å²) in [6.45, 7) is 1.59. The van der Waals surface area contributed by atoms with Crippen LogP contribution in [0.4, 0.5) is 0 Å². The van der Waals surface area contributed by atoms with Gasteiger partial charge in [-0.2, -0.15) is 0 Å². The molecule has 1 aromatic heterocycles. The molecule has 0 bridgehead atoms. The zero-order chi connectivity index (χ0) is 13.1. The van der Waals surface area contributed by atoms with Gasteiger partial charge in [0.2, 0.25) is 0 Å². The fourth-order valence-corrected chi connectivity index (χ4v) is 2.61. The summed E-state index contributed by atoms with van der Waals surface area (Å²) in [6, 6.07) is 6.33. The molecule has 2 heterocycles. The van der Waals surface area contributed by atoms with E-state index in [4.69, 9.17) is 4.74 Å². The van der Waals surface area contributed by atoms with Gasteiger partial charge < -0.3 is 10.1 Å². The van der Waals surface area contributed by atoms with Crippen molar-refractivity contribution in [3.63, 3.8) is 0 Å². The highest BCUT2D eigenvalue weighted by Crippen LogP contribution is 2.33. The molecule has 3 rings (SSSR count). The highest BCUT2D eigenvalue weighted by molar-refractivity contribution is 5.85. The molecular weight excluding hydrogens is 274 g/mol. The molecule has 0 radical (unpaired) electrons. The molecule has 106 valence electrons. The molecule has 0 saturated carbocycles. The van der Waals surface area contributed by atoms with Gasteiger partial charge in [0.25, 0.3) is 0 Å². The van der Waals surface area contributed by atoms with Crippen LogP contribution in [-0.4, -0.2) is 30.2 Å². The fraction of sp³-hybridized carbons (Fsp3) is 0.333. The Morgan fingerprint density at radius 1 is 1.35 bits per heavy atom. The Kier molecular flexibility index (Phi) is 5.06. The third kappa shape index (κ3) is 2.82. The van der Waals surface area contributed by atoms with Gasteiger partial charge in [-0.05, 0) is 24.6 Å². The Morgan fingerprint density at radius 3 is 3.00 bits per heavy atom. The Bertz CT molecular complexity index is 562. The van der Waals surface area contributed by atoms with Crippen molar-refractivity contribution in [3.05, 3.63) is 47.9 Å². The highest BCUT2D eigenvalue weighted by atomic mass is 35.5. The van der Waals surface area contributed by atoms with Gasteiger partial charge in [-0.3, -0.25) is 9.97 Å². The molecule has 0 fully saturated rings. The number of fused-ring (bicyclic) bond motifs is 1. The van der Waals surface area contributed by atoms with Crippen LogP contribution in [0.25, 0.3) is 11.3 Å². The molecule has 1 aliphatic rings. The summed E-state index contributed by atoms with van der Waals surface area (Å²) in [7, 11) is 1.95. The molecule has 0 unspecified atom stereocenters. The lowest BCUT2D eigenvalue weighted by Crippen LogP contribution is -2.25. The van der Waals surface area contributed by atoms with Crippen molar-refractivity contribution in [2.75, 3.05) is 20.2 Å². The number of hydrogen-bond acceptors (Lipinski definition) is 4. The molecular formula is C15H18ClN3O. The monoisotopic (exact) mass is 291 g/mol. The number of benzene rings is 1. The van der Waals surface area contributed by atoms with Crippen molar-refractivity contribution in [2.24, 2.45) is 0 Å². The molecule has 1 atom stereocenters. The Morgan fingerprint density at radius 2 is 2.25 bits per heavy atom. The number of nitrogens with one attached hydrogen (secondary N) is 1. The van der Waals surface area contributed by atoms with Crippen molar-refractivity contribution < 1.29 is 4.74 Å². The van der Waals surface area contributed by atoms with Gasteiger partial charge in [-0.25, -0.2) is 0 Å². The predicted octanol–water partition coefficient (Wildman–Crippen LogP) is 2.40. The van der Waals surface area contributed by atoms with Gasteiger partial charge in [0.1, 0.15) is 0 Å². The first-order valence-corrected chi connectivity index (χ1v) is 6.54. The van der Waals surface area contributed by atoms with Gasteiger partial charge in [0.15, 0.2) is 0 Å². The Hall–Kier alpha value is -1.49. The normalized spacial score (nSPS) is 17.1. The van der Waals surface area contributed by atoms with Crippen LogP contribution in [0.15, 0.2) is 36.8 Å². The molecule has 0 aliphatic carbocycles. The maximum atomic E-state index is 5.84. The third-order valence-electron chi connectivity index (χ3n) is 3.46. The molecule has 4 nitrogen and oxygen atoms in total. The average molecular weight is 292 g/mol. The van der Waals surface area contributed by atoms with E-state index in [1.807, 2.05) is 13.2 Å². The average Bonchev–Trinajstić information content (AvgIpc) is 2.48. The molecule has 0 spiro atoms. The van der Waals surface area contributed by atoms with E-state index in [0.717, 1.165) is 25.3 Å². The summed E-state index contributed by atoms with van der Waals surface area (Å²) in [4.78, 5) is 8.57. The molecule has 20 heavy (non-hydrogen) atoms. The zero-order valence-electron chi connectivity index (χ0n) is 11.4. The summed E-state index contributed by atoms with van der Waals surface area (Å²) < 4.78 is 5.84. The summed E-state index contributed by atoms with van der Waals surface area (Å²) in [5.41, 5.74) is 4.72. The number of halogens is 1. The topological polar surface area (TPSA) is 47.0 Å². The van der Waals surface area contributed by atoms with Crippen LogP contribution in [0.5, 0.6) is 0 Å². The Balaban J connectivity index is 0.00000147. The second kappa shape index (κ2) is 6.79. The molecule has 1 aliphatic heterocycles. The predicted molar refractivity (Wildman–Crippen MR) is 81.0 cm³/mol. The van der Waals surface area contributed by atoms with Crippen LogP contribution in [0, 0.1) is 0 Å². The lowest BCUT2D eigenvalue weighted by Gasteiger charge is -2.27. The van der Waals surface area contributed by atoms with Crippen molar-refractivity contribution in [1.29, 1.82) is 0 Å². The quantitative estimate of drug-likeness (QED) is 0.943. The van der Waals surface area contributed by atoms with E-state index in [-0.39, 0.29) is 18.5 Å². The number of nitrogens with zero attached hydrogens (tertiary/aromatic N) is 2. The first-order valence-electron chi connectivity index (χ1n) is 6.54. The van der Waals surface area contributed by atoms with E-state index in [9.17, 15) is 0 Å². The van der Waals surface area contributed by atoms with Gasteiger partial charge >= 0.3 is 0 Å². The van der Waals surface area contributed by atoms with Crippen LogP contribution < -0.4 is 5.32 Å². The molecule has 0 saturated heterocycles. The molecule has 1 aromatic carbocycles. The first kappa shape index (κ1) is 14.9. The molecule has 2 aromatic rings. The van der Waals surface area contributed by atoms with Gasteiger partial charge in [-0.1, -0.05) is 18.2 Å². The lowest BCUT2D eigenvalue weighted by atomic mass is 9.91. The third-order valence-corrected chi connectivity index (χ3v) is 3.46.